The zero-order valence-electron chi connectivity index (χ0n) is 11.8. The van der Waals surface area contributed by atoms with Gasteiger partial charge in [0, 0.05) is 6.54 Å². The summed E-state index contributed by atoms with van der Waals surface area (Å²) in [6, 6.07) is 4.13. The van der Waals surface area contributed by atoms with Gasteiger partial charge in [0.25, 0.3) is 0 Å². The number of nitrogens with one attached hydrogen (secondary N) is 1. The molecule has 3 nitrogen and oxygen atoms in total. The minimum atomic E-state index is 0.327. The maximum absolute atomic E-state index is 5.77. The topological polar surface area (TPSA) is 28.4 Å². The van der Waals surface area contributed by atoms with Crippen molar-refractivity contribution in [3.63, 3.8) is 0 Å². The third kappa shape index (κ3) is 5.89. The maximum atomic E-state index is 5.77. The van der Waals surface area contributed by atoms with Crippen LogP contribution in [-0.2, 0) is 13.1 Å². The average Bonchev–Trinajstić information content (AvgIpc) is 2.59. The quantitative estimate of drug-likeness (QED) is 0.826. The van der Waals surface area contributed by atoms with Crippen molar-refractivity contribution < 1.29 is 4.42 Å². The summed E-state index contributed by atoms with van der Waals surface area (Å²) >= 11 is 0. The van der Waals surface area contributed by atoms with Gasteiger partial charge in [-0.2, -0.15) is 0 Å². The Hall–Kier alpha value is -0.800. The van der Waals surface area contributed by atoms with E-state index in [0.29, 0.717) is 5.41 Å². The molecule has 1 aromatic rings. The number of furan rings is 1. The van der Waals surface area contributed by atoms with Crippen LogP contribution in [0.1, 0.15) is 39.2 Å². The molecule has 1 rings (SSSR count). The summed E-state index contributed by atoms with van der Waals surface area (Å²) in [5.41, 5.74) is 0.327. The van der Waals surface area contributed by atoms with Crippen molar-refractivity contribution >= 4 is 0 Å². The first kappa shape index (κ1) is 14.3. The van der Waals surface area contributed by atoms with Gasteiger partial charge in [0.05, 0.1) is 13.1 Å². The van der Waals surface area contributed by atoms with Crippen LogP contribution in [0.2, 0.25) is 0 Å². The van der Waals surface area contributed by atoms with Gasteiger partial charge in [0.15, 0.2) is 0 Å². The minimum absolute atomic E-state index is 0.327. The second-order valence-corrected chi connectivity index (χ2v) is 5.88. The molecule has 1 N–H and O–H groups in total. The molecule has 1 heterocycles. The molecule has 0 aliphatic rings. The molecule has 0 saturated heterocycles. The summed E-state index contributed by atoms with van der Waals surface area (Å²) in [5.74, 6) is 2.07. The standard InChI is InChI=1S/C14H26N2O/c1-6-15-9-12-7-8-13(17-12)10-16(5)11-14(2,3)4/h7-8,15H,6,9-11H2,1-5H3. The molecule has 0 unspecified atom stereocenters. The number of rotatable bonds is 6. The highest BCUT2D eigenvalue weighted by atomic mass is 16.3. The first-order valence-electron chi connectivity index (χ1n) is 6.37. The van der Waals surface area contributed by atoms with Crippen LogP contribution >= 0.6 is 0 Å². The zero-order chi connectivity index (χ0) is 12.9. The van der Waals surface area contributed by atoms with Gasteiger partial charge in [-0.05, 0) is 31.1 Å². The van der Waals surface area contributed by atoms with Crippen LogP contribution in [0.5, 0.6) is 0 Å². The van der Waals surface area contributed by atoms with E-state index in [9.17, 15) is 0 Å². The van der Waals surface area contributed by atoms with Gasteiger partial charge in [-0.3, -0.25) is 4.90 Å². The fraction of sp³-hybridized carbons (Fsp3) is 0.714. The lowest BCUT2D eigenvalue weighted by molar-refractivity contribution is 0.206. The van der Waals surface area contributed by atoms with Gasteiger partial charge in [-0.1, -0.05) is 27.7 Å². The van der Waals surface area contributed by atoms with E-state index in [-0.39, 0.29) is 0 Å². The molecule has 0 aromatic carbocycles. The Bertz CT molecular complexity index is 325. The van der Waals surface area contributed by atoms with Crippen LogP contribution in [0.15, 0.2) is 16.5 Å². The average molecular weight is 238 g/mol. The summed E-state index contributed by atoms with van der Waals surface area (Å²) in [7, 11) is 2.14. The van der Waals surface area contributed by atoms with Crippen molar-refractivity contribution in [2.75, 3.05) is 20.1 Å². The second kappa shape index (κ2) is 6.22. The fourth-order valence-electron chi connectivity index (χ4n) is 1.98. The smallest absolute Gasteiger partial charge is 0.118 e. The van der Waals surface area contributed by atoms with Crippen molar-refractivity contribution in [2.24, 2.45) is 5.41 Å². The molecule has 98 valence electrons. The van der Waals surface area contributed by atoms with E-state index in [1.807, 2.05) is 0 Å². The van der Waals surface area contributed by atoms with E-state index in [4.69, 9.17) is 4.42 Å². The Kier molecular flexibility index (Phi) is 5.22. The largest absolute Gasteiger partial charge is 0.463 e. The van der Waals surface area contributed by atoms with E-state index in [0.717, 1.165) is 37.7 Å². The molecule has 0 atom stereocenters. The third-order valence-electron chi connectivity index (χ3n) is 2.44. The van der Waals surface area contributed by atoms with Crippen LogP contribution in [0.3, 0.4) is 0 Å². The van der Waals surface area contributed by atoms with Crippen LogP contribution < -0.4 is 5.32 Å². The molecule has 0 aliphatic heterocycles. The zero-order valence-corrected chi connectivity index (χ0v) is 11.8. The van der Waals surface area contributed by atoms with Crippen LogP contribution in [-0.4, -0.2) is 25.0 Å². The highest BCUT2D eigenvalue weighted by Gasteiger charge is 2.14. The maximum Gasteiger partial charge on any atom is 0.118 e. The lowest BCUT2D eigenvalue weighted by Crippen LogP contribution is -2.28. The molecule has 17 heavy (non-hydrogen) atoms. The fourth-order valence-corrected chi connectivity index (χ4v) is 1.98. The second-order valence-electron chi connectivity index (χ2n) is 5.88. The predicted molar refractivity (Wildman–Crippen MR) is 71.9 cm³/mol. The molecule has 0 fully saturated rings. The van der Waals surface area contributed by atoms with Crippen molar-refractivity contribution in [2.45, 2.75) is 40.8 Å². The molecular weight excluding hydrogens is 212 g/mol. The number of nitrogens with zero attached hydrogens (tertiary/aromatic N) is 1. The van der Waals surface area contributed by atoms with Gasteiger partial charge >= 0.3 is 0 Å². The van der Waals surface area contributed by atoms with E-state index in [1.54, 1.807) is 0 Å². The van der Waals surface area contributed by atoms with Crippen molar-refractivity contribution in [3.05, 3.63) is 23.7 Å². The van der Waals surface area contributed by atoms with E-state index < -0.39 is 0 Å². The Morgan fingerprint density at radius 1 is 1.24 bits per heavy atom. The molecular formula is C14H26N2O. The van der Waals surface area contributed by atoms with E-state index in [2.05, 4.69) is 57.1 Å². The summed E-state index contributed by atoms with van der Waals surface area (Å²) in [5, 5.41) is 3.26. The molecule has 3 heteroatoms. The first-order valence-corrected chi connectivity index (χ1v) is 6.37. The highest BCUT2D eigenvalue weighted by Crippen LogP contribution is 2.16. The molecule has 0 amide bonds. The summed E-state index contributed by atoms with van der Waals surface area (Å²) in [4.78, 5) is 2.30. The first-order chi connectivity index (χ1) is 7.90. The van der Waals surface area contributed by atoms with Crippen LogP contribution in [0.25, 0.3) is 0 Å². The predicted octanol–water partition coefficient (Wildman–Crippen LogP) is 2.87. The molecule has 1 aromatic heterocycles. The molecule has 0 saturated carbocycles. The van der Waals surface area contributed by atoms with E-state index in [1.165, 1.54) is 0 Å². The lowest BCUT2D eigenvalue weighted by atomic mass is 9.96. The summed E-state index contributed by atoms with van der Waals surface area (Å²) in [6.07, 6.45) is 0. The molecule has 0 bridgehead atoms. The van der Waals surface area contributed by atoms with Crippen LogP contribution in [0, 0.1) is 5.41 Å². The van der Waals surface area contributed by atoms with Gasteiger partial charge in [0.2, 0.25) is 0 Å². The molecule has 0 radical (unpaired) electrons. The molecule has 0 spiro atoms. The summed E-state index contributed by atoms with van der Waals surface area (Å²) in [6.45, 7) is 12.6. The van der Waals surface area contributed by atoms with Crippen LogP contribution in [0.4, 0.5) is 0 Å². The Balaban J connectivity index is 2.43. The SMILES string of the molecule is CCNCc1ccc(CN(C)CC(C)(C)C)o1. The van der Waals surface area contributed by atoms with Crippen molar-refractivity contribution in [1.82, 2.24) is 10.2 Å². The Labute approximate surface area is 105 Å². The van der Waals surface area contributed by atoms with Gasteiger partial charge in [-0.25, -0.2) is 0 Å². The Morgan fingerprint density at radius 3 is 2.47 bits per heavy atom. The minimum Gasteiger partial charge on any atom is -0.463 e. The highest BCUT2D eigenvalue weighted by molar-refractivity contribution is 5.07. The lowest BCUT2D eigenvalue weighted by Gasteiger charge is -2.25. The Morgan fingerprint density at radius 2 is 1.88 bits per heavy atom. The normalized spacial score (nSPS) is 12.4. The van der Waals surface area contributed by atoms with Gasteiger partial charge < -0.3 is 9.73 Å². The van der Waals surface area contributed by atoms with Gasteiger partial charge in [-0.15, -0.1) is 0 Å². The number of hydrogen-bond acceptors (Lipinski definition) is 3. The van der Waals surface area contributed by atoms with E-state index >= 15 is 0 Å². The van der Waals surface area contributed by atoms with Gasteiger partial charge in [0.1, 0.15) is 11.5 Å². The third-order valence-corrected chi connectivity index (χ3v) is 2.44. The number of hydrogen-bond donors (Lipinski definition) is 1. The monoisotopic (exact) mass is 238 g/mol. The van der Waals surface area contributed by atoms with Crippen molar-refractivity contribution in [1.29, 1.82) is 0 Å². The summed E-state index contributed by atoms with van der Waals surface area (Å²) < 4.78 is 5.77. The van der Waals surface area contributed by atoms with Crippen molar-refractivity contribution in [3.8, 4) is 0 Å². The molecule has 0 aliphatic carbocycles.